The second kappa shape index (κ2) is 10.7. The Morgan fingerprint density at radius 1 is 1.23 bits per heavy atom. The molecule has 0 aliphatic carbocycles. The number of nitrogen functional groups attached to an aromatic ring is 1. The van der Waals surface area contributed by atoms with Crippen molar-refractivity contribution in [1.29, 1.82) is 0 Å². The number of aliphatic hydroxyl groups is 1. The number of methoxy groups -OCH3 is 1. The first kappa shape index (κ1) is 29.3. The smallest absolute Gasteiger partial charge is 0.418 e. The summed E-state index contributed by atoms with van der Waals surface area (Å²) in [7, 11) is 1.20. The van der Waals surface area contributed by atoms with Crippen LogP contribution in [0.2, 0.25) is 0 Å². The highest BCUT2D eigenvalue weighted by Gasteiger charge is 2.42. The number of nitrogens with zero attached hydrogens (tertiary/aromatic N) is 5. The van der Waals surface area contributed by atoms with Gasteiger partial charge in [-0.25, -0.2) is 18.9 Å². The summed E-state index contributed by atoms with van der Waals surface area (Å²) >= 11 is 0. The summed E-state index contributed by atoms with van der Waals surface area (Å²) in [5.41, 5.74) is 3.73. The van der Waals surface area contributed by atoms with Gasteiger partial charge in [0.1, 0.15) is 23.6 Å². The molecule has 0 bridgehead atoms. The average Bonchev–Trinajstić information content (AvgIpc) is 3.45. The van der Waals surface area contributed by atoms with Gasteiger partial charge in [0.15, 0.2) is 11.9 Å². The van der Waals surface area contributed by atoms with Crippen molar-refractivity contribution in [1.82, 2.24) is 29.8 Å². The number of ether oxygens (including phenoxy) is 1. The predicted octanol–water partition coefficient (Wildman–Crippen LogP) is 2.85. The van der Waals surface area contributed by atoms with Gasteiger partial charge in [-0.1, -0.05) is 0 Å². The minimum absolute atomic E-state index is 0.0224. The molecule has 3 aromatic rings. The molecule has 0 aromatic carbocycles. The number of alkyl halides is 7. The van der Waals surface area contributed by atoms with Gasteiger partial charge in [-0.05, 0) is 25.5 Å². The Labute approximate surface area is 221 Å². The monoisotopic (exact) mass is 579 g/mol. The van der Waals surface area contributed by atoms with Gasteiger partial charge in [0.25, 0.3) is 5.91 Å². The largest absolute Gasteiger partial charge is 0.480 e. The average molecular weight is 579 g/mol. The Bertz CT molecular complexity index is 1400. The minimum Gasteiger partial charge on any atom is -0.480 e. The second-order valence-corrected chi connectivity index (χ2v) is 9.32. The number of nitrogens with two attached hydrogens (primary N) is 1. The maximum Gasteiger partial charge on any atom is 0.418 e. The van der Waals surface area contributed by atoms with Crippen LogP contribution in [0.3, 0.4) is 0 Å². The molecule has 2 unspecified atom stereocenters. The molecule has 0 radical (unpaired) electrons. The number of carbonyl (C=O) groups excluding carboxylic acids is 1. The van der Waals surface area contributed by atoms with E-state index in [-0.39, 0.29) is 35.8 Å². The van der Waals surface area contributed by atoms with E-state index in [1.54, 1.807) is 0 Å². The number of aliphatic hydroxyl groups excluding tert-OH is 1. The van der Waals surface area contributed by atoms with Crippen LogP contribution in [0, 0.1) is 0 Å². The first-order valence-corrected chi connectivity index (χ1v) is 11.8. The Morgan fingerprint density at radius 3 is 2.55 bits per heavy atom. The molecule has 40 heavy (non-hydrogen) atoms. The van der Waals surface area contributed by atoms with Gasteiger partial charge in [0.05, 0.1) is 24.4 Å². The Morgan fingerprint density at radius 2 is 1.93 bits per heavy atom. The van der Waals surface area contributed by atoms with Gasteiger partial charge < -0.3 is 20.9 Å². The fraction of sp³-hybridized carbons (Fsp3) is 0.478. The van der Waals surface area contributed by atoms with E-state index in [2.05, 4.69) is 20.4 Å². The van der Waals surface area contributed by atoms with E-state index < -0.39 is 65.9 Å². The van der Waals surface area contributed by atoms with Crippen LogP contribution in [-0.2, 0) is 6.18 Å². The van der Waals surface area contributed by atoms with E-state index in [1.807, 2.05) is 0 Å². The first-order valence-electron chi connectivity index (χ1n) is 11.8. The van der Waals surface area contributed by atoms with Crippen molar-refractivity contribution >= 4 is 17.2 Å². The number of carbonyl (C=O) groups is 1. The van der Waals surface area contributed by atoms with Crippen molar-refractivity contribution in [2.24, 2.45) is 0 Å². The van der Waals surface area contributed by atoms with E-state index >= 15 is 0 Å². The molecule has 1 saturated heterocycles. The van der Waals surface area contributed by atoms with Crippen LogP contribution in [0.1, 0.15) is 29.3 Å². The van der Waals surface area contributed by atoms with Crippen LogP contribution in [0.15, 0.2) is 24.7 Å². The number of pyridine rings is 1. The standard InChI is InChI=1S/C23H24F7N7O3/c1-10(3-17(38)23(28,29)30)36-7-14(24)15(8-36)35-20(39)12-4-11(6-32-21(12)40-2)16-5-13(22(25,26)27)18-19(31)33-9-34-37(16)18/h4-6,9-10,14-15,17,38H,3,7-8H2,1-2H3,(H,35,39)(H2,31,33,34)/t10?,14-,15+,17?/m0/s1. The Balaban J connectivity index is 1.60. The van der Waals surface area contributed by atoms with E-state index in [1.165, 1.54) is 25.0 Å². The summed E-state index contributed by atoms with van der Waals surface area (Å²) in [5, 5.41) is 15.6. The van der Waals surface area contributed by atoms with Gasteiger partial charge in [-0.3, -0.25) is 9.69 Å². The summed E-state index contributed by atoms with van der Waals surface area (Å²) in [6, 6.07) is -0.0284. The molecule has 0 saturated carbocycles. The molecule has 10 nitrogen and oxygen atoms in total. The third-order valence-corrected chi connectivity index (χ3v) is 6.63. The Kier molecular flexibility index (Phi) is 7.81. The molecule has 1 fully saturated rings. The first-order chi connectivity index (χ1) is 18.6. The van der Waals surface area contributed by atoms with Crippen LogP contribution in [0.5, 0.6) is 5.88 Å². The number of hydrogen-bond acceptors (Lipinski definition) is 8. The number of fused-ring (bicyclic) bond motifs is 1. The van der Waals surface area contributed by atoms with Crippen molar-refractivity contribution in [2.45, 2.75) is 50.1 Å². The molecule has 4 heterocycles. The fourth-order valence-corrected chi connectivity index (χ4v) is 4.55. The molecule has 1 amide bonds. The van der Waals surface area contributed by atoms with Gasteiger partial charge in [-0.2, -0.15) is 31.4 Å². The number of hydrogen-bond donors (Lipinski definition) is 3. The van der Waals surface area contributed by atoms with Gasteiger partial charge >= 0.3 is 12.4 Å². The zero-order valence-corrected chi connectivity index (χ0v) is 21.0. The molecule has 3 aromatic heterocycles. The van der Waals surface area contributed by atoms with Crippen molar-refractivity contribution in [3.63, 3.8) is 0 Å². The SMILES string of the molecule is COc1ncc(-c2cc(C(F)(F)F)c3c(N)ncnn23)cc1C(=O)N[C@@H]1CN(C(C)CC(O)C(F)(F)F)C[C@@H]1F. The second-order valence-electron chi connectivity index (χ2n) is 9.32. The molecule has 218 valence electrons. The lowest BCUT2D eigenvalue weighted by atomic mass is 10.1. The summed E-state index contributed by atoms with van der Waals surface area (Å²) in [6.07, 6.45) is -12.4. The summed E-state index contributed by atoms with van der Waals surface area (Å²) < 4.78 is 100. The lowest BCUT2D eigenvalue weighted by Gasteiger charge is -2.27. The van der Waals surface area contributed by atoms with Crippen LogP contribution in [0.25, 0.3) is 16.8 Å². The van der Waals surface area contributed by atoms with Crippen LogP contribution < -0.4 is 15.8 Å². The third-order valence-electron chi connectivity index (χ3n) is 6.63. The van der Waals surface area contributed by atoms with Gasteiger partial charge in [-0.15, -0.1) is 0 Å². The van der Waals surface area contributed by atoms with Crippen molar-refractivity contribution in [2.75, 3.05) is 25.9 Å². The zero-order chi connectivity index (χ0) is 29.6. The van der Waals surface area contributed by atoms with E-state index in [9.17, 15) is 40.6 Å². The maximum absolute atomic E-state index is 14.8. The molecule has 4 rings (SSSR count). The summed E-state index contributed by atoms with van der Waals surface area (Å²) in [5.74, 6) is -1.52. The number of likely N-dealkylation sites (tertiary alicyclic amines) is 1. The maximum atomic E-state index is 14.8. The lowest BCUT2D eigenvalue weighted by molar-refractivity contribution is -0.208. The lowest BCUT2D eigenvalue weighted by Crippen LogP contribution is -2.43. The van der Waals surface area contributed by atoms with Crippen LogP contribution >= 0.6 is 0 Å². The molecular weight excluding hydrogens is 555 g/mol. The third kappa shape index (κ3) is 5.74. The van der Waals surface area contributed by atoms with E-state index in [4.69, 9.17) is 10.5 Å². The quantitative estimate of drug-likeness (QED) is 0.365. The van der Waals surface area contributed by atoms with Crippen molar-refractivity contribution in [3.8, 4) is 17.1 Å². The number of nitrogens with one attached hydrogen (secondary N) is 1. The fourth-order valence-electron chi connectivity index (χ4n) is 4.55. The molecule has 0 spiro atoms. The molecule has 1 aliphatic heterocycles. The molecular formula is C23H24F7N7O3. The number of anilines is 1. The molecule has 4 N–H and O–H groups in total. The van der Waals surface area contributed by atoms with Crippen LogP contribution in [0.4, 0.5) is 36.6 Å². The normalized spacial score (nSPS) is 20.1. The van der Waals surface area contributed by atoms with E-state index in [0.29, 0.717) is 0 Å². The van der Waals surface area contributed by atoms with Crippen molar-refractivity contribution < 1.29 is 45.4 Å². The number of aromatic nitrogens is 4. The number of halogens is 7. The predicted molar refractivity (Wildman–Crippen MR) is 126 cm³/mol. The zero-order valence-electron chi connectivity index (χ0n) is 21.0. The molecule has 1 aliphatic rings. The topological polar surface area (TPSA) is 131 Å². The van der Waals surface area contributed by atoms with Gasteiger partial charge in [0, 0.05) is 30.9 Å². The Hall–Kier alpha value is -3.73. The van der Waals surface area contributed by atoms with Crippen LogP contribution in [-0.4, -0.2) is 86.2 Å². The molecule has 4 atom stereocenters. The number of amides is 1. The molecule has 17 heteroatoms. The van der Waals surface area contributed by atoms with Gasteiger partial charge in [0.2, 0.25) is 5.88 Å². The minimum atomic E-state index is -4.82. The number of rotatable bonds is 7. The van der Waals surface area contributed by atoms with Crippen molar-refractivity contribution in [3.05, 3.63) is 35.8 Å². The summed E-state index contributed by atoms with van der Waals surface area (Å²) in [4.78, 5) is 22.1. The van der Waals surface area contributed by atoms with E-state index in [0.717, 1.165) is 23.1 Å². The highest BCUT2D eigenvalue weighted by molar-refractivity contribution is 5.98. The highest BCUT2D eigenvalue weighted by atomic mass is 19.4. The summed E-state index contributed by atoms with van der Waals surface area (Å²) in [6.45, 7) is 0.960. The highest BCUT2D eigenvalue weighted by Crippen LogP contribution is 2.39.